The molecule has 3 heterocycles. The maximum absolute atomic E-state index is 15.2. The number of amides is 2. The average Bonchev–Trinajstić information content (AvgIpc) is 3.84. The summed E-state index contributed by atoms with van der Waals surface area (Å²) in [4.78, 5) is 57.3. The van der Waals surface area contributed by atoms with Crippen LogP contribution in [-0.2, 0) is 42.0 Å². The first-order chi connectivity index (χ1) is 32.4. The Morgan fingerprint density at radius 2 is 1.10 bits per heavy atom. The molecule has 0 saturated carbocycles. The molecule has 2 aliphatic heterocycles. The Labute approximate surface area is 390 Å². The van der Waals surface area contributed by atoms with Crippen molar-refractivity contribution in [3.63, 3.8) is 0 Å². The molecule has 1 aromatic heterocycles. The summed E-state index contributed by atoms with van der Waals surface area (Å²) in [5.74, 6) is -7.75. The van der Waals surface area contributed by atoms with Crippen LogP contribution in [0.2, 0.25) is 0 Å². The van der Waals surface area contributed by atoms with Gasteiger partial charge in [-0.2, -0.15) is 0 Å². The van der Waals surface area contributed by atoms with E-state index in [0.717, 1.165) is 27.8 Å². The number of para-hydroxylation sites is 1. The molecule has 5 aromatic carbocycles. The van der Waals surface area contributed by atoms with Gasteiger partial charge in [-0.3, -0.25) is 28.9 Å². The first kappa shape index (κ1) is 48.9. The predicted octanol–water partition coefficient (Wildman–Crippen LogP) is 9.90. The topological polar surface area (TPSA) is 134 Å². The number of carbonyl (C=O) groups excluding carboxylic acids is 4. The van der Waals surface area contributed by atoms with E-state index in [2.05, 4.69) is 9.71 Å². The Hall–Kier alpha value is -7.07. The van der Waals surface area contributed by atoms with Crippen molar-refractivity contribution in [2.75, 3.05) is 33.9 Å². The van der Waals surface area contributed by atoms with Crippen LogP contribution < -0.4 is 14.5 Å². The molecule has 0 radical (unpaired) electrons. The van der Waals surface area contributed by atoms with Gasteiger partial charge in [-0.1, -0.05) is 72.3 Å². The highest BCUT2D eigenvalue weighted by molar-refractivity contribution is 7.92. The number of rotatable bonds is 14. The zero-order chi connectivity index (χ0) is 48.9. The van der Waals surface area contributed by atoms with Crippen molar-refractivity contribution in [2.24, 2.45) is 11.8 Å². The quantitative estimate of drug-likeness (QED) is 0.108. The molecule has 0 bridgehead atoms. The fourth-order valence-corrected chi connectivity index (χ4v) is 8.94. The maximum atomic E-state index is 15.2. The zero-order valence-corrected chi connectivity index (χ0v) is 38.2. The van der Waals surface area contributed by atoms with E-state index in [1.54, 1.807) is 24.4 Å². The minimum Gasteiger partial charge on any atom is -0.309 e. The monoisotopic (exact) mass is 950 g/mol. The highest BCUT2D eigenvalue weighted by Gasteiger charge is 2.37. The fourth-order valence-electron chi connectivity index (χ4n) is 8.37. The highest BCUT2D eigenvalue weighted by Crippen LogP contribution is 2.38. The molecule has 2 amide bonds. The number of sulfonamides is 1. The smallest absolute Gasteiger partial charge is 0.230 e. The highest BCUT2D eigenvalue weighted by atomic mass is 32.2. The van der Waals surface area contributed by atoms with Crippen LogP contribution >= 0.6 is 0 Å². The number of hydrogen-bond acceptors (Lipinski definition) is 7. The molecule has 0 spiro atoms. The molecule has 10 nitrogen and oxygen atoms in total. The van der Waals surface area contributed by atoms with Crippen molar-refractivity contribution in [2.45, 2.75) is 52.4 Å². The van der Waals surface area contributed by atoms with Crippen LogP contribution in [0.25, 0.3) is 22.3 Å². The Morgan fingerprint density at radius 3 is 1.63 bits per heavy atom. The average molecular weight is 951 g/mol. The third kappa shape index (κ3) is 11.4. The second-order valence-corrected chi connectivity index (χ2v) is 18.8. The SMILES string of the molecule is Cc1ccc(CC(=O)C[C@@H]2CCN(c3ccc(-c4ccccc4F)c(F)c3F)C2=O)cc1.Cc1ccc(CC(=O)C[C@@H]2CCN(c3ccc(-c4ccccc4NS(C)(=O)=O)c(F)c3F)C2=O)nc1. The summed E-state index contributed by atoms with van der Waals surface area (Å²) in [6, 6.07) is 28.0. The number of pyridine rings is 1. The Balaban J connectivity index is 0.000000203. The van der Waals surface area contributed by atoms with E-state index >= 15 is 8.78 Å². The lowest BCUT2D eigenvalue weighted by molar-refractivity contribution is -0.125. The van der Waals surface area contributed by atoms with Gasteiger partial charge in [0, 0.05) is 84.8 Å². The molecule has 2 atom stereocenters. The van der Waals surface area contributed by atoms with Crippen LogP contribution in [0.5, 0.6) is 0 Å². The number of carbonyl (C=O) groups is 4. The predicted molar refractivity (Wildman–Crippen MR) is 250 cm³/mol. The summed E-state index contributed by atoms with van der Waals surface area (Å²) in [6.07, 6.45) is 3.73. The van der Waals surface area contributed by atoms with E-state index in [1.807, 2.05) is 44.2 Å². The fraction of sp³-hybridized carbons (Fsp3) is 0.250. The van der Waals surface area contributed by atoms with Gasteiger partial charge in [0.1, 0.15) is 17.4 Å². The van der Waals surface area contributed by atoms with Crippen LogP contribution in [0.1, 0.15) is 48.1 Å². The lowest BCUT2D eigenvalue weighted by Gasteiger charge is -2.19. The molecule has 6 aromatic rings. The van der Waals surface area contributed by atoms with Gasteiger partial charge in [0.15, 0.2) is 23.3 Å². The van der Waals surface area contributed by atoms with Gasteiger partial charge >= 0.3 is 0 Å². The van der Waals surface area contributed by atoms with Gasteiger partial charge < -0.3 is 9.80 Å². The molecule has 1 N–H and O–H groups in total. The molecule has 2 fully saturated rings. The summed E-state index contributed by atoms with van der Waals surface area (Å²) < 4.78 is 99.6. The molecular formula is C52H47F5N4O6S. The Kier molecular flexibility index (Phi) is 15.0. The van der Waals surface area contributed by atoms with Crippen molar-refractivity contribution < 1.29 is 49.5 Å². The summed E-state index contributed by atoms with van der Waals surface area (Å²) in [5.41, 5.74) is 3.00. The van der Waals surface area contributed by atoms with Crippen molar-refractivity contribution in [3.8, 4) is 22.3 Å². The van der Waals surface area contributed by atoms with E-state index in [9.17, 15) is 40.8 Å². The number of halogens is 5. The molecule has 8 rings (SSSR count). The van der Waals surface area contributed by atoms with Crippen LogP contribution in [0.3, 0.4) is 0 Å². The molecule has 2 saturated heterocycles. The van der Waals surface area contributed by atoms with Crippen LogP contribution in [0.4, 0.5) is 39.0 Å². The largest absolute Gasteiger partial charge is 0.309 e. The third-order valence-corrected chi connectivity index (χ3v) is 12.4. The maximum Gasteiger partial charge on any atom is 0.230 e. The van der Waals surface area contributed by atoms with Gasteiger partial charge in [-0.05, 0) is 80.3 Å². The summed E-state index contributed by atoms with van der Waals surface area (Å²) in [6.45, 7) is 4.20. The van der Waals surface area contributed by atoms with Gasteiger partial charge in [-0.25, -0.2) is 30.4 Å². The van der Waals surface area contributed by atoms with Crippen LogP contribution in [0.15, 0.2) is 115 Å². The van der Waals surface area contributed by atoms with Crippen molar-refractivity contribution in [1.82, 2.24) is 4.98 Å². The minimum atomic E-state index is -3.65. The van der Waals surface area contributed by atoms with Gasteiger partial charge in [0.25, 0.3) is 0 Å². The number of benzene rings is 5. The van der Waals surface area contributed by atoms with E-state index in [1.165, 1.54) is 65.6 Å². The summed E-state index contributed by atoms with van der Waals surface area (Å²) in [7, 11) is -3.65. The van der Waals surface area contributed by atoms with E-state index < -0.39 is 62.8 Å². The zero-order valence-electron chi connectivity index (χ0n) is 37.4. The molecule has 352 valence electrons. The standard InChI is InChI=1S/C26H22F3NO2.C26H25F2N3O4S/c1-16-6-8-17(9-7-16)14-19(31)15-18-12-13-30(26(18)32)23-11-10-21(24(28)25(23)29)20-4-2-3-5-22(20)27;1-16-7-8-18(29-15-16)14-19(32)13-17-11-12-31(26(17)33)23-10-9-21(24(27)25(23)28)20-5-3-4-6-22(20)30-36(2,34)35/h2-11,18H,12-15H2,1H3;3-10,15,17,30H,11-14H2,1-2H3/t18-;17-/m00/s1. The lowest BCUT2D eigenvalue weighted by Crippen LogP contribution is -2.29. The number of nitrogens with zero attached hydrogens (tertiary/aromatic N) is 3. The van der Waals surface area contributed by atoms with Crippen molar-refractivity contribution in [3.05, 3.63) is 167 Å². The van der Waals surface area contributed by atoms with Crippen LogP contribution in [0, 0.1) is 54.8 Å². The van der Waals surface area contributed by atoms with Crippen molar-refractivity contribution in [1.29, 1.82) is 0 Å². The molecule has 0 aliphatic carbocycles. The number of aryl methyl sites for hydroxylation is 2. The molecule has 68 heavy (non-hydrogen) atoms. The van der Waals surface area contributed by atoms with Gasteiger partial charge in [-0.15, -0.1) is 0 Å². The number of aromatic nitrogens is 1. The second kappa shape index (κ2) is 20.8. The molecule has 0 unspecified atom stereocenters. The number of Topliss-reactive ketones (excluding diaryl/α,β-unsaturated/α-hetero) is 2. The lowest BCUT2D eigenvalue weighted by atomic mass is 9.97. The Bertz CT molecular complexity index is 3010. The number of hydrogen-bond donors (Lipinski definition) is 1. The van der Waals surface area contributed by atoms with E-state index in [4.69, 9.17) is 0 Å². The molecule has 16 heteroatoms. The normalized spacial score (nSPS) is 15.9. The first-order valence-electron chi connectivity index (χ1n) is 21.8. The molecular weight excluding hydrogens is 904 g/mol. The van der Waals surface area contributed by atoms with E-state index in [-0.39, 0.29) is 89.7 Å². The number of nitrogens with one attached hydrogen (secondary N) is 1. The number of anilines is 3. The summed E-state index contributed by atoms with van der Waals surface area (Å²) >= 11 is 0. The number of ketones is 2. The van der Waals surface area contributed by atoms with Gasteiger partial charge in [0.05, 0.1) is 23.3 Å². The third-order valence-electron chi connectivity index (χ3n) is 11.8. The molecule has 2 aliphatic rings. The van der Waals surface area contributed by atoms with Crippen molar-refractivity contribution >= 4 is 50.5 Å². The second-order valence-electron chi connectivity index (χ2n) is 17.0. The Morgan fingerprint density at radius 1 is 0.603 bits per heavy atom. The van der Waals surface area contributed by atoms with Gasteiger partial charge in [0.2, 0.25) is 21.8 Å². The first-order valence-corrected chi connectivity index (χ1v) is 23.7. The summed E-state index contributed by atoms with van der Waals surface area (Å²) in [5, 5.41) is 0. The minimum absolute atomic E-state index is 0.00237. The van der Waals surface area contributed by atoms with Crippen LogP contribution in [-0.4, -0.2) is 56.1 Å². The van der Waals surface area contributed by atoms with E-state index in [0.29, 0.717) is 18.5 Å².